The third-order valence-electron chi connectivity index (χ3n) is 3.61. The van der Waals surface area contributed by atoms with Crippen molar-refractivity contribution in [2.45, 2.75) is 45.1 Å². The molecule has 1 amide bonds. The summed E-state index contributed by atoms with van der Waals surface area (Å²) in [7, 11) is 2.15. The molecule has 1 heterocycles. The van der Waals surface area contributed by atoms with Crippen LogP contribution in [0.1, 0.15) is 39.0 Å². The van der Waals surface area contributed by atoms with Gasteiger partial charge in [-0.05, 0) is 45.3 Å². The van der Waals surface area contributed by atoms with Gasteiger partial charge in [-0.15, -0.1) is 0 Å². The zero-order valence-corrected chi connectivity index (χ0v) is 11.2. The van der Waals surface area contributed by atoms with Gasteiger partial charge in [0, 0.05) is 6.54 Å². The molecule has 1 rings (SSSR count). The Morgan fingerprint density at radius 2 is 2.12 bits per heavy atom. The Balaban J connectivity index is 2.14. The fourth-order valence-electron chi connectivity index (χ4n) is 2.20. The summed E-state index contributed by atoms with van der Waals surface area (Å²) in [6, 6.07) is -0.318. The molecular formula is C13H27N3O. The van der Waals surface area contributed by atoms with Crippen LogP contribution in [0.4, 0.5) is 0 Å². The van der Waals surface area contributed by atoms with Gasteiger partial charge >= 0.3 is 0 Å². The Kier molecular flexibility index (Phi) is 6.52. The van der Waals surface area contributed by atoms with Gasteiger partial charge in [-0.3, -0.25) is 4.79 Å². The number of carbonyl (C=O) groups is 1. The van der Waals surface area contributed by atoms with Crippen molar-refractivity contribution in [3.8, 4) is 0 Å². The number of carbonyl (C=O) groups excluding carboxylic acids is 1. The number of likely N-dealkylation sites (tertiary alicyclic amines) is 1. The first-order valence-electron chi connectivity index (χ1n) is 6.85. The van der Waals surface area contributed by atoms with Gasteiger partial charge in [0.15, 0.2) is 0 Å². The lowest BCUT2D eigenvalue weighted by atomic mass is 9.97. The van der Waals surface area contributed by atoms with E-state index in [1.54, 1.807) is 0 Å². The second-order valence-corrected chi connectivity index (χ2v) is 5.24. The molecule has 0 spiro atoms. The van der Waals surface area contributed by atoms with E-state index in [0.29, 0.717) is 5.92 Å². The van der Waals surface area contributed by atoms with E-state index in [4.69, 9.17) is 5.73 Å². The second-order valence-electron chi connectivity index (χ2n) is 5.24. The first kappa shape index (κ1) is 14.5. The van der Waals surface area contributed by atoms with Crippen molar-refractivity contribution in [2.75, 3.05) is 26.7 Å². The van der Waals surface area contributed by atoms with E-state index in [-0.39, 0.29) is 11.9 Å². The zero-order valence-electron chi connectivity index (χ0n) is 11.2. The first-order chi connectivity index (χ1) is 8.13. The van der Waals surface area contributed by atoms with Gasteiger partial charge in [-0.25, -0.2) is 0 Å². The van der Waals surface area contributed by atoms with Crippen LogP contribution in [0.15, 0.2) is 0 Å². The average molecular weight is 241 g/mol. The van der Waals surface area contributed by atoms with E-state index in [0.717, 1.165) is 38.9 Å². The van der Waals surface area contributed by atoms with E-state index >= 15 is 0 Å². The third-order valence-corrected chi connectivity index (χ3v) is 3.61. The highest BCUT2D eigenvalue weighted by Gasteiger charge is 2.18. The molecule has 0 bridgehead atoms. The molecule has 4 heteroatoms. The molecule has 0 radical (unpaired) electrons. The number of nitrogens with one attached hydrogen (secondary N) is 1. The van der Waals surface area contributed by atoms with E-state index in [1.807, 2.05) is 0 Å². The van der Waals surface area contributed by atoms with Crippen LogP contribution in [-0.2, 0) is 4.79 Å². The maximum Gasteiger partial charge on any atom is 0.236 e. The molecule has 3 N–H and O–H groups in total. The minimum Gasteiger partial charge on any atom is -0.354 e. The van der Waals surface area contributed by atoms with Crippen molar-refractivity contribution in [1.29, 1.82) is 0 Å². The molecule has 4 nitrogen and oxygen atoms in total. The molecule has 1 saturated heterocycles. The average Bonchev–Trinajstić information content (AvgIpc) is 2.34. The van der Waals surface area contributed by atoms with Crippen molar-refractivity contribution >= 4 is 5.91 Å². The number of nitrogens with two attached hydrogens (primary N) is 1. The molecule has 0 aliphatic carbocycles. The van der Waals surface area contributed by atoms with Crippen LogP contribution in [0.25, 0.3) is 0 Å². The lowest BCUT2D eigenvalue weighted by Gasteiger charge is -2.29. The lowest BCUT2D eigenvalue weighted by molar-refractivity contribution is -0.122. The fourth-order valence-corrected chi connectivity index (χ4v) is 2.20. The maximum atomic E-state index is 11.7. The Labute approximate surface area is 105 Å². The third kappa shape index (κ3) is 5.50. The predicted octanol–water partition coefficient (Wildman–Crippen LogP) is 0.962. The van der Waals surface area contributed by atoms with Gasteiger partial charge < -0.3 is 16.0 Å². The molecule has 0 aromatic carbocycles. The standard InChI is InChI=1S/C13H27N3O/c1-3-4-5-12(14)13(17)15-10-11-6-8-16(2)9-7-11/h11-12H,3-10,14H2,1-2H3,(H,15,17)/t12-/m0/s1. The number of amides is 1. The summed E-state index contributed by atoms with van der Waals surface area (Å²) in [5.41, 5.74) is 5.82. The maximum absolute atomic E-state index is 11.7. The summed E-state index contributed by atoms with van der Waals surface area (Å²) in [6.07, 6.45) is 5.29. The molecule has 1 atom stereocenters. The Morgan fingerprint density at radius 3 is 2.71 bits per heavy atom. The highest BCUT2D eigenvalue weighted by atomic mass is 16.2. The van der Waals surface area contributed by atoms with Crippen molar-refractivity contribution in [1.82, 2.24) is 10.2 Å². The second kappa shape index (κ2) is 7.67. The Bertz CT molecular complexity index is 225. The molecule has 17 heavy (non-hydrogen) atoms. The van der Waals surface area contributed by atoms with Crippen molar-refractivity contribution in [2.24, 2.45) is 11.7 Å². The number of hydrogen-bond acceptors (Lipinski definition) is 3. The lowest BCUT2D eigenvalue weighted by Crippen LogP contribution is -2.44. The molecular weight excluding hydrogens is 214 g/mol. The zero-order chi connectivity index (χ0) is 12.7. The van der Waals surface area contributed by atoms with Crippen molar-refractivity contribution < 1.29 is 4.79 Å². The molecule has 100 valence electrons. The van der Waals surface area contributed by atoms with Crippen LogP contribution in [0.5, 0.6) is 0 Å². The number of unbranched alkanes of at least 4 members (excludes halogenated alkanes) is 1. The van der Waals surface area contributed by atoms with Crippen LogP contribution < -0.4 is 11.1 Å². The van der Waals surface area contributed by atoms with Crippen molar-refractivity contribution in [3.05, 3.63) is 0 Å². The summed E-state index contributed by atoms with van der Waals surface area (Å²) in [4.78, 5) is 14.0. The topological polar surface area (TPSA) is 58.4 Å². The van der Waals surface area contributed by atoms with Crippen LogP contribution >= 0.6 is 0 Å². The molecule has 0 unspecified atom stereocenters. The van der Waals surface area contributed by atoms with E-state index < -0.39 is 0 Å². The number of piperidine rings is 1. The normalized spacial score (nSPS) is 20.2. The predicted molar refractivity (Wildman–Crippen MR) is 70.7 cm³/mol. The summed E-state index contributed by atoms with van der Waals surface area (Å²) in [6.45, 7) is 5.19. The van der Waals surface area contributed by atoms with Crippen LogP contribution in [0, 0.1) is 5.92 Å². The molecule has 0 saturated carbocycles. The van der Waals surface area contributed by atoms with Crippen LogP contribution in [0.3, 0.4) is 0 Å². The van der Waals surface area contributed by atoms with E-state index in [1.165, 1.54) is 12.8 Å². The molecule has 1 aliphatic rings. The quantitative estimate of drug-likeness (QED) is 0.728. The van der Waals surface area contributed by atoms with E-state index in [9.17, 15) is 4.79 Å². The Morgan fingerprint density at radius 1 is 1.47 bits per heavy atom. The van der Waals surface area contributed by atoms with Gasteiger partial charge in [0.25, 0.3) is 0 Å². The van der Waals surface area contributed by atoms with Gasteiger partial charge in [0.2, 0.25) is 5.91 Å². The monoisotopic (exact) mass is 241 g/mol. The molecule has 0 aromatic heterocycles. The van der Waals surface area contributed by atoms with E-state index in [2.05, 4.69) is 24.2 Å². The summed E-state index contributed by atoms with van der Waals surface area (Å²) in [5, 5.41) is 2.99. The van der Waals surface area contributed by atoms with Gasteiger partial charge in [0.1, 0.15) is 0 Å². The summed E-state index contributed by atoms with van der Waals surface area (Å²) >= 11 is 0. The fraction of sp³-hybridized carbons (Fsp3) is 0.923. The Hall–Kier alpha value is -0.610. The minimum atomic E-state index is -0.318. The largest absolute Gasteiger partial charge is 0.354 e. The van der Waals surface area contributed by atoms with Gasteiger partial charge in [-0.2, -0.15) is 0 Å². The van der Waals surface area contributed by atoms with Gasteiger partial charge in [-0.1, -0.05) is 19.8 Å². The SMILES string of the molecule is CCCC[C@H](N)C(=O)NCC1CCN(C)CC1. The first-order valence-corrected chi connectivity index (χ1v) is 6.85. The smallest absolute Gasteiger partial charge is 0.236 e. The molecule has 1 fully saturated rings. The number of rotatable bonds is 6. The molecule has 1 aliphatic heterocycles. The van der Waals surface area contributed by atoms with Crippen molar-refractivity contribution in [3.63, 3.8) is 0 Å². The van der Waals surface area contributed by atoms with Gasteiger partial charge in [0.05, 0.1) is 6.04 Å². The number of hydrogen-bond donors (Lipinski definition) is 2. The molecule has 0 aromatic rings. The highest BCUT2D eigenvalue weighted by Crippen LogP contribution is 2.14. The summed E-state index contributed by atoms with van der Waals surface area (Å²) in [5.74, 6) is 0.658. The highest BCUT2D eigenvalue weighted by molar-refractivity contribution is 5.81. The summed E-state index contributed by atoms with van der Waals surface area (Å²) < 4.78 is 0. The number of nitrogens with zero attached hydrogens (tertiary/aromatic N) is 1. The minimum absolute atomic E-state index is 0.0254. The van der Waals surface area contributed by atoms with Crippen LogP contribution in [0.2, 0.25) is 0 Å². The van der Waals surface area contributed by atoms with Crippen LogP contribution in [-0.4, -0.2) is 43.5 Å².